The molecule has 3 rings (SSSR count). The molecule has 2 aliphatic rings. The summed E-state index contributed by atoms with van der Waals surface area (Å²) < 4.78 is 6.92. The first-order chi connectivity index (χ1) is 8.34. The number of anilines is 2. The molecule has 0 saturated carbocycles. The molecule has 2 aliphatic heterocycles. The topological polar surface area (TPSA) is 81.6 Å². The Hall–Kier alpha value is -1.28. The van der Waals surface area contributed by atoms with Crippen molar-refractivity contribution in [2.75, 3.05) is 49.2 Å². The van der Waals surface area contributed by atoms with Crippen molar-refractivity contribution in [3.63, 3.8) is 0 Å². The average molecular weight is 254 g/mol. The van der Waals surface area contributed by atoms with Crippen LogP contribution in [0.15, 0.2) is 4.99 Å². The molecular weight excluding hydrogens is 240 g/mol. The van der Waals surface area contributed by atoms with Gasteiger partial charge in [0.15, 0.2) is 5.17 Å². The Morgan fingerprint density at radius 1 is 1.29 bits per heavy atom. The van der Waals surface area contributed by atoms with E-state index in [4.69, 9.17) is 10.5 Å². The third-order valence-corrected chi connectivity index (χ3v) is 3.61. The highest BCUT2D eigenvalue weighted by molar-refractivity contribution is 8.14. The van der Waals surface area contributed by atoms with E-state index in [1.807, 2.05) is 0 Å². The minimum Gasteiger partial charge on any atom is -0.378 e. The fraction of sp³-hybridized carbons (Fsp3) is 0.667. The van der Waals surface area contributed by atoms with Crippen LogP contribution < -0.4 is 10.6 Å². The van der Waals surface area contributed by atoms with Gasteiger partial charge in [0.1, 0.15) is 0 Å². The van der Waals surface area contributed by atoms with Crippen LogP contribution in [0.1, 0.15) is 0 Å². The summed E-state index contributed by atoms with van der Waals surface area (Å²) in [5, 5.41) is 5.26. The summed E-state index contributed by atoms with van der Waals surface area (Å²) in [7, 11) is 0. The molecule has 0 spiro atoms. The van der Waals surface area contributed by atoms with Gasteiger partial charge in [0.2, 0.25) is 11.9 Å². The first-order valence-electron chi connectivity index (χ1n) is 5.57. The molecule has 1 saturated heterocycles. The fourth-order valence-corrected chi connectivity index (χ4v) is 2.61. The van der Waals surface area contributed by atoms with E-state index in [0.29, 0.717) is 25.1 Å². The van der Waals surface area contributed by atoms with Gasteiger partial charge in [0.05, 0.1) is 19.8 Å². The number of nitrogen functional groups attached to an aromatic ring is 1. The molecule has 2 N–H and O–H groups in total. The smallest absolute Gasteiger partial charge is 0.247 e. The van der Waals surface area contributed by atoms with Crippen molar-refractivity contribution in [1.29, 1.82) is 0 Å². The summed E-state index contributed by atoms with van der Waals surface area (Å²) in [5.74, 6) is 2.06. The Morgan fingerprint density at radius 2 is 2.12 bits per heavy atom. The van der Waals surface area contributed by atoms with Gasteiger partial charge in [-0.3, -0.25) is 4.99 Å². The number of morpholine rings is 1. The summed E-state index contributed by atoms with van der Waals surface area (Å²) in [6.45, 7) is 3.87. The SMILES string of the molecule is Nc1nc(N2CCOCC2)nn1C1=NCCS1. The number of aliphatic imine (C=N–C) groups is 1. The summed E-state index contributed by atoms with van der Waals surface area (Å²) in [6, 6.07) is 0. The lowest BCUT2D eigenvalue weighted by Gasteiger charge is -2.25. The molecule has 1 aromatic rings. The zero-order valence-electron chi connectivity index (χ0n) is 9.37. The highest BCUT2D eigenvalue weighted by atomic mass is 32.2. The van der Waals surface area contributed by atoms with Crippen molar-refractivity contribution >= 4 is 28.8 Å². The van der Waals surface area contributed by atoms with Gasteiger partial charge in [-0.1, -0.05) is 11.8 Å². The number of aromatic nitrogens is 3. The predicted octanol–water partition coefficient (Wildman–Crippen LogP) is -0.352. The Morgan fingerprint density at radius 3 is 2.82 bits per heavy atom. The monoisotopic (exact) mass is 254 g/mol. The van der Waals surface area contributed by atoms with Crippen LogP contribution in [0.5, 0.6) is 0 Å². The molecule has 0 bridgehead atoms. The molecule has 0 radical (unpaired) electrons. The third kappa shape index (κ3) is 2.09. The molecule has 8 heteroatoms. The third-order valence-electron chi connectivity index (χ3n) is 2.67. The summed E-state index contributed by atoms with van der Waals surface area (Å²) in [6.07, 6.45) is 0. The first-order valence-corrected chi connectivity index (χ1v) is 6.56. The van der Waals surface area contributed by atoms with Crippen LogP contribution in [0.4, 0.5) is 11.9 Å². The second kappa shape index (κ2) is 4.53. The maximum atomic E-state index is 5.87. The summed E-state index contributed by atoms with van der Waals surface area (Å²) in [4.78, 5) is 10.7. The maximum absolute atomic E-state index is 5.87. The van der Waals surface area contributed by atoms with Gasteiger partial charge in [-0.05, 0) is 0 Å². The number of ether oxygens (including phenoxy) is 1. The predicted molar refractivity (Wildman–Crippen MR) is 67.6 cm³/mol. The molecule has 17 heavy (non-hydrogen) atoms. The Kier molecular flexibility index (Phi) is 2.89. The van der Waals surface area contributed by atoms with Gasteiger partial charge in [0, 0.05) is 18.8 Å². The normalized spacial score (nSPS) is 20.7. The van der Waals surface area contributed by atoms with Crippen molar-refractivity contribution in [2.24, 2.45) is 4.99 Å². The van der Waals surface area contributed by atoms with Gasteiger partial charge in [-0.15, -0.1) is 5.10 Å². The summed E-state index contributed by atoms with van der Waals surface area (Å²) in [5.41, 5.74) is 5.87. The van der Waals surface area contributed by atoms with E-state index < -0.39 is 0 Å². The van der Waals surface area contributed by atoms with Gasteiger partial charge in [-0.25, -0.2) is 0 Å². The van der Waals surface area contributed by atoms with Crippen molar-refractivity contribution in [1.82, 2.24) is 14.8 Å². The minimum atomic E-state index is 0.402. The second-order valence-electron chi connectivity index (χ2n) is 3.79. The molecule has 0 unspecified atom stereocenters. The van der Waals surface area contributed by atoms with Crippen molar-refractivity contribution < 1.29 is 4.74 Å². The van der Waals surface area contributed by atoms with Crippen LogP contribution in [0.25, 0.3) is 0 Å². The Bertz CT molecular complexity index is 439. The van der Waals surface area contributed by atoms with E-state index >= 15 is 0 Å². The molecular formula is C9H14N6OS. The van der Waals surface area contributed by atoms with Gasteiger partial charge < -0.3 is 15.4 Å². The Balaban J connectivity index is 1.84. The quantitative estimate of drug-likeness (QED) is 0.737. The maximum Gasteiger partial charge on any atom is 0.247 e. The molecule has 0 atom stereocenters. The van der Waals surface area contributed by atoms with Crippen molar-refractivity contribution in [3.8, 4) is 0 Å². The highest BCUT2D eigenvalue weighted by Gasteiger charge is 2.20. The molecule has 1 fully saturated rings. The molecule has 7 nitrogen and oxygen atoms in total. The number of hydrogen-bond donors (Lipinski definition) is 1. The van der Waals surface area contributed by atoms with E-state index in [-0.39, 0.29) is 0 Å². The van der Waals surface area contributed by atoms with Crippen molar-refractivity contribution in [2.45, 2.75) is 0 Å². The molecule has 0 aromatic carbocycles. The number of hydrogen-bond acceptors (Lipinski definition) is 7. The number of rotatable bonds is 1. The lowest BCUT2D eigenvalue weighted by Crippen LogP contribution is -2.37. The molecule has 0 amide bonds. The lowest BCUT2D eigenvalue weighted by molar-refractivity contribution is 0.122. The van der Waals surface area contributed by atoms with Crippen LogP contribution >= 0.6 is 11.8 Å². The molecule has 1 aromatic heterocycles. The zero-order valence-corrected chi connectivity index (χ0v) is 10.2. The van der Waals surface area contributed by atoms with Crippen LogP contribution in [-0.2, 0) is 4.74 Å². The van der Waals surface area contributed by atoms with Crippen LogP contribution in [0, 0.1) is 0 Å². The number of nitrogens with zero attached hydrogens (tertiary/aromatic N) is 5. The van der Waals surface area contributed by atoms with Gasteiger partial charge in [-0.2, -0.15) is 9.67 Å². The number of thioether (sulfide) groups is 1. The largest absolute Gasteiger partial charge is 0.378 e. The van der Waals surface area contributed by atoms with E-state index in [0.717, 1.165) is 30.6 Å². The van der Waals surface area contributed by atoms with Crippen LogP contribution in [0.2, 0.25) is 0 Å². The Labute approximate surface area is 103 Å². The van der Waals surface area contributed by atoms with Gasteiger partial charge in [0.25, 0.3) is 0 Å². The fourth-order valence-electron chi connectivity index (χ4n) is 1.80. The van der Waals surface area contributed by atoms with E-state index in [1.54, 1.807) is 16.4 Å². The number of nitrogens with two attached hydrogens (primary N) is 1. The van der Waals surface area contributed by atoms with E-state index in [2.05, 4.69) is 20.0 Å². The van der Waals surface area contributed by atoms with Crippen LogP contribution in [-0.4, -0.2) is 58.5 Å². The standard InChI is InChI=1S/C9H14N6OS/c10-7-12-8(14-2-4-16-5-3-14)13-15(7)9-11-1-6-17-9/h1-6H2,(H2,10,12,13). The first kappa shape index (κ1) is 10.8. The minimum absolute atomic E-state index is 0.402. The lowest BCUT2D eigenvalue weighted by atomic mass is 10.4. The van der Waals surface area contributed by atoms with Crippen LogP contribution in [0.3, 0.4) is 0 Å². The zero-order chi connectivity index (χ0) is 11.7. The highest BCUT2D eigenvalue weighted by Crippen LogP contribution is 2.18. The van der Waals surface area contributed by atoms with Gasteiger partial charge >= 0.3 is 0 Å². The molecule has 3 heterocycles. The molecule has 0 aliphatic carbocycles. The summed E-state index contributed by atoms with van der Waals surface area (Å²) >= 11 is 1.66. The van der Waals surface area contributed by atoms with E-state index in [9.17, 15) is 0 Å². The van der Waals surface area contributed by atoms with E-state index in [1.165, 1.54) is 0 Å². The molecule has 92 valence electrons. The second-order valence-corrected chi connectivity index (χ2v) is 4.86. The van der Waals surface area contributed by atoms with Crippen molar-refractivity contribution in [3.05, 3.63) is 0 Å². The average Bonchev–Trinajstić information content (AvgIpc) is 2.99.